The molecule has 2 aromatic rings. The second-order valence-electron chi connectivity index (χ2n) is 6.99. The Morgan fingerprint density at radius 1 is 1.22 bits per heavy atom. The summed E-state index contributed by atoms with van der Waals surface area (Å²) >= 11 is 0. The highest BCUT2D eigenvalue weighted by atomic mass is 16.3. The fourth-order valence-corrected chi connectivity index (χ4v) is 3.25. The van der Waals surface area contributed by atoms with Crippen LogP contribution in [-0.4, -0.2) is 27.4 Å². The summed E-state index contributed by atoms with van der Waals surface area (Å²) in [5.41, 5.74) is 2.64. The van der Waals surface area contributed by atoms with E-state index >= 15 is 0 Å². The molecular weight excluding hydrogens is 342 g/mol. The average Bonchev–Trinajstić information content (AvgIpc) is 2.64. The van der Waals surface area contributed by atoms with Gasteiger partial charge in [-0.1, -0.05) is 17.7 Å². The maximum absolute atomic E-state index is 12.2. The second-order valence-corrected chi connectivity index (χ2v) is 6.99. The molecule has 0 bridgehead atoms. The molecule has 6 nitrogen and oxygen atoms in total. The first-order valence-corrected chi connectivity index (χ1v) is 9.31. The van der Waals surface area contributed by atoms with Crippen LogP contribution in [-0.2, 0) is 0 Å². The van der Waals surface area contributed by atoms with Gasteiger partial charge in [0.05, 0.1) is 5.69 Å². The quantitative estimate of drug-likeness (QED) is 0.628. The van der Waals surface area contributed by atoms with Crippen molar-refractivity contribution in [1.82, 2.24) is 9.55 Å². The van der Waals surface area contributed by atoms with Crippen LogP contribution in [0.1, 0.15) is 48.8 Å². The number of allylic oxidation sites excluding steroid dienone is 1. The van der Waals surface area contributed by atoms with Gasteiger partial charge in [0.25, 0.3) is 5.56 Å². The normalized spacial score (nSPS) is 14.5. The molecule has 1 aliphatic carbocycles. The Balaban J connectivity index is 1.88. The third-order valence-electron chi connectivity index (χ3n) is 5.04. The topological polar surface area (TPSA) is 87.4 Å². The zero-order valence-electron chi connectivity index (χ0n) is 15.8. The number of hydrogen-bond acceptors (Lipinski definition) is 4. The number of aryl methyl sites for hydroxylation is 2. The standard InChI is InChI=1S/C21H25N3O3/c1-14-8-9-17(12-15(14)2)24-20(26)18(19(25)23-21(24)27)13-22-11-10-16-6-4-3-5-7-16/h6,8-9,12-13,26H,3-5,7,10-11H2,1-2H3,(H,23,25,27). The zero-order chi connectivity index (χ0) is 19.4. The van der Waals surface area contributed by atoms with Crippen molar-refractivity contribution >= 4 is 6.21 Å². The molecule has 0 radical (unpaired) electrons. The zero-order valence-corrected chi connectivity index (χ0v) is 15.8. The number of H-pyrrole nitrogens is 1. The molecule has 3 rings (SSSR count). The fraction of sp³-hybridized carbons (Fsp3) is 0.381. The number of aliphatic imine (C=N–C) groups is 1. The Morgan fingerprint density at radius 2 is 2.04 bits per heavy atom. The first kappa shape index (κ1) is 18.9. The molecule has 1 heterocycles. The summed E-state index contributed by atoms with van der Waals surface area (Å²) in [6, 6.07) is 5.40. The van der Waals surface area contributed by atoms with Crippen LogP contribution in [0.2, 0.25) is 0 Å². The van der Waals surface area contributed by atoms with Crippen molar-refractivity contribution in [3.05, 3.63) is 67.4 Å². The van der Waals surface area contributed by atoms with Gasteiger partial charge in [0.15, 0.2) is 0 Å². The third-order valence-corrected chi connectivity index (χ3v) is 5.04. The molecule has 2 N–H and O–H groups in total. The molecular formula is C21H25N3O3. The monoisotopic (exact) mass is 367 g/mol. The molecule has 1 aliphatic rings. The molecule has 0 atom stereocenters. The van der Waals surface area contributed by atoms with Crippen molar-refractivity contribution in [1.29, 1.82) is 0 Å². The van der Waals surface area contributed by atoms with E-state index < -0.39 is 17.1 Å². The number of nitrogens with zero attached hydrogens (tertiary/aromatic N) is 2. The molecule has 27 heavy (non-hydrogen) atoms. The Kier molecular flexibility index (Phi) is 5.74. The van der Waals surface area contributed by atoms with Crippen molar-refractivity contribution in [2.75, 3.05) is 6.54 Å². The number of aromatic amines is 1. The molecule has 0 fully saturated rings. The summed E-state index contributed by atoms with van der Waals surface area (Å²) in [7, 11) is 0. The smallest absolute Gasteiger partial charge is 0.335 e. The lowest BCUT2D eigenvalue weighted by molar-refractivity contribution is 0.430. The highest BCUT2D eigenvalue weighted by molar-refractivity contribution is 5.82. The molecule has 0 saturated carbocycles. The number of aromatic hydroxyl groups is 1. The van der Waals surface area contributed by atoms with Crippen LogP contribution in [0.4, 0.5) is 0 Å². The van der Waals surface area contributed by atoms with E-state index in [-0.39, 0.29) is 5.56 Å². The second kappa shape index (κ2) is 8.20. The fourth-order valence-electron chi connectivity index (χ4n) is 3.25. The van der Waals surface area contributed by atoms with Gasteiger partial charge in [0.1, 0.15) is 5.56 Å². The molecule has 1 aromatic carbocycles. The largest absolute Gasteiger partial charge is 0.493 e. The molecule has 142 valence electrons. The van der Waals surface area contributed by atoms with E-state index in [1.807, 2.05) is 19.9 Å². The van der Waals surface area contributed by atoms with E-state index in [4.69, 9.17) is 0 Å². The van der Waals surface area contributed by atoms with Crippen molar-refractivity contribution in [2.24, 2.45) is 4.99 Å². The Hall–Kier alpha value is -2.89. The first-order chi connectivity index (χ1) is 13.0. The Bertz CT molecular complexity index is 1010. The van der Waals surface area contributed by atoms with Crippen molar-refractivity contribution in [3.8, 4) is 11.6 Å². The molecule has 0 amide bonds. The van der Waals surface area contributed by atoms with Gasteiger partial charge in [0, 0.05) is 12.8 Å². The minimum atomic E-state index is -0.676. The van der Waals surface area contributed by atoms with Gasteiger partial charge >= 0.3 is 5.69 Å². The van der Waals surface area contributed by atoms with Crippen LogP contribution in [0.5, 0.6) is 5.88 Å². The average molecular weight is 367 g/mol. The van der Waals surface area contributed by atoms with Crippen LogP contribution in [0.25, 0.3) is 5.69 Å². The van der Waals surface area contributed by atoms with Crippen LogP contribution < -0.4 is 11.2 Å². The maximum Gasteiger partial charge on any atom is 0.335 e. The van der Waals surface area contributed by atoms with Gasteiger partial charge < -0.3 is 5.11 Å². The van der Waals surface area contributed by atoms with Gasteiger partial charge in [0.2, 0.25) is 5.88 Å². The third kappa shape index (κ3) is 4.27. The van der Waals surface area contributed by atoms with Crippen LogP contribution in [0.3, 0.4) is 0 Å². The minimum Gasteiger partial charge on any atom is -0.493 e. The van der Waals surface area contributed by atoms with Gasteiger partial charge in [-0.3, -0.25) is 14.8 Å². The van der Waals surface area contributed by atoms with Crippen LogP contribution in [0, 0.1) is 13.8 Å². The van der Waals surface area contributed by atoms with E-state index in [2.05, 4.69) is 16.1 Å². The molecule has 0 saturated heterocycles. The van der Waals surface area contributed by atoms with E-state index in [9.17, 15) is 14.7 Å². The minimum absolute atomic E-state index is 0.00884. The first-order valence-electron chi connectivity index (χ1n) is 9.31. The maximum atomic E-state index is 12.2. The lowest BCUT2D eigenvalue weighted by Crippen LogP contribution is -2.31. The summed E-state index contributed by atoms with van der Waals surface area (Å²) in [6.07, 6.45) is 9.18. The summed E-state index contributed by atoms with van der Waals surface area (Å²) in [5, 5.41) is 10.6. The predicted molar refractivity (Wildman–Crippen MR) is 107 cm³/mol. The molecule has 0 unspecified atom stereocenters. The molecule has 0 spiro atoms. The Labute approximate surface area is 157 Å². The van der Waals surface area contributed by atoms with Crippen molar-refractivity contribution in [2.45, 2.75) is 46.0 Å². The summed E-state index contributed by atoms with van der Waals surface area (Å²) in [6.45, 7) is 4.44. The SMILES string of the molecule is Cc1ccc(-n2c(O)c(C=NCCC3=CCCCC3)c(=O)[nH]c2=O)cc1C. The van der Waals surface area contributed by atoms with Crippen LogP contribution >= 0.6 is 0 Å². The highest BCUT2D eigenvalue weighted by Crippen LogP contribution is 2.20. The number of hydrogen-bond donors (Lipinski definition) is 2. The summed E-state index contributed by atoms with van der Waals surface area (Å²) in [4.78, 5) is 30.9. The molecule has 6 heteroatoms. The van der Waals surface area contributed by atoms with Gasteiger partial charge in [-0.15, -0.1) is 0 Å². The van der Waals surface area contributed by atoms with Crippen LogP contribution in [0.15, 0.2) is 44.4 Å². The lowest BCUT2D eigenvalue weighted by Gasteiger charge is -2.12. The predicted octanol–water partition coefficient (Wildman–Crippen LogP) is 3.16. The summed E-state index contributed by atoms with van der Waals surface area (Å²) in [5.74, 6) is -0.396. The number of aromatic nitrogens is 2. The lowest BCUT2D eigenvalue weighted by atomic mass is 9.97. The summed E-state index contributed by atoms with van der Waals surface area (Å²) < 4.78 is 1.10. The Morgan fingerprint density at radius 3 is 2.74 bits per heavy atom. The van der Waals surface area contributed by atoms with E-state index in [0.29, 0.717) is 12.2 Å². The van der Waals surface area contributed by atoms with E-state index in [0.717, 1.165) is 35.0 Å². The number of benzene rings is 1. The van der Waals surface area contributed by atoms with Crippen molar-refractivity contribution in [3.63, 3.8) is 0 Å². The van der Waals surface area contributed by atoms with Gasteiger partial charge in [-0.2, -0.15) is 0 Å². The number of rotatable bonds is 5. The number of nitrogens with one attached hydrogen (secondary N) is 1. The molecule has 0 aliphatic heterocycles. The van der Waals surface area contributed by atoms with E-state index in [1.54, 1.807) is 12.1 Å². The highest BCUT2D eigenvalue weighted by Gasteiger charge is 2.14. The van der Waals surface area contributed by atoms with Gasteiger partial charge in [-0.05, 0) is 69.2 Å². The van der Waals surface area contributed by atoms with E-state index in [1.165, 1.54) is 24.6 Å². The molecule has 1 aromatic heterocycles. The van der Waals surface area contributed by atoms with Gasteiger partial charge in [-0.25, -0.2) is 9.36 Å². The van der Waals surface area contributed by atoms with Crippen molar-refractivity contribution < 1.29 is 5.11 Å².